The van der Waals surface area contributed by atoms with Gasteiger partial charge in [0.2, 0.25) is 0 Å². The molecule has 0 radical (unpaired) electrons. The van der Waals surface area contributed by atoms with E-state index in [0.29, 0.717) is 12.3 Å². The van der Waals surface area contributed by atoms with Crippen LogP contribution in [0, 0.1) is 17.3 Å². The molecule has 5 heteroatoms. The van der Waals surface area contributed by atoms with Gasteiger partial charge in [0.25, 0.3) is 0 Å². The van der Waals surface area contributed by atoms with Crippen LogP contribution in [-0.2, 0) is 14.4 Å². The molecule has 0 heterocycles. The lowest BCUT2D eigenvalue weighted by atomic mass is 9.73. The summed E-state index contributed by atoms with van der Waals surface area (Å²) in [5.74, 6) is 0.329. The lowest BCUT2D eigenvalue weighted by Crippen LogP contribution is -2.36. The summed E-state index contributed by atoms with van der Waals surface area (Å²) in [6.45, 7) is 11.3. The summed E-state index contributed by atoms with van der Waals surface area (Å²) in [4.78, 5) is 15.9. The van der Waals surface area contributed by atoms with E-state index < -0.39 is 11.2 Å². The Balaban J connectivity index is 2.21. The van der Waals surface area contributed by atoms with E-state index in [1.807, 2.05) is 32.9 Å². The number of hydrogen-bond acceptors (Lipinski definition) is 5. The Morgan fingerprint density at radius 2 is 2.04 bits per heavy atom. The van der Waals surface area contributed by atoms with Crippen LogP contribution < -0.4 is 0 Å². The summed E-state index contributed by atoms with van der Waals surface area (Å²) in [6, 6.07) is 0. The fourth-order valence-corrected chi connectivity index (χ4v) is 4.52. The van der Waals surface area contributed by atoms with Crippen LogP contribution in [0.1, 0.15) is 73.6 Å². The molecule has 154 valence electrons. The van der Waals surface area contributed by atoms with Crippen LogP contribution in [0.2, 0.25) is 0 Å². The molecule has 1 fully saturated rings. The topological polar surface area (TPSA) is 76.0 Å². The largest absolute Gasteiger partial charge is 0.458 e. The molecule has 0 aromatic rings. The molecule has 2 rings (SSSR count). The van der Waals surface area contributed by atoms with Crippen LogP contribution in [0.4, 0.5) is 0 Å². The SMILES string of the molecule is CC(=O)O[C@H]1/C=C(/C)CC[C@](C)(C/C=C/C(C)(C)OO)[C@H]2C[C@@H]2[C@@](C)(O)C1. The van der Waals surface area contributed by atoms with Crippen molar-refractivity contribution in [3.63, 3.8) is 0 Å². The minimum absolute atomic E-state index is 0.0695. The molecule has 5 nitrogen and oxygen atoms in total. The molecule has 1 saturated carbocycles. The zero-order valence-electron chi connectivity index (χ0n) is 17.6. The number of hydrogen-bond donors (Lipinski definition) is 2. The second-order valence-corrected chi connectivity index (χ2v) is 9.63. The molecule has 2 aliphatic carbocycles. The van der Waals surface area contributed by atoms with Crippen molar-refractivity contribution in [2.75, 3.05) is 0 Å². The predicted octanol–water partition coefficient (Wildman–Crippen LogP) is 4.66. The van der Waals surface area contributed by atoms with Gasteiger partial charge in [-0.05, 0) is 76.7 Å². The second kappa shape index (κ2) is 8.06. The first kappa shape index (κ1) is 22.1. The Labute approximate surface area is 163 Å². The molecule has 0 unspecified atom stereocenters. The van der Waals surface area contributed by atoms with Crippen LogP contribution in [0.25, 0.3) is 0 Å². The Kier molecular flexibility index (Phi) is 6.60. The number of esters is 1. The summed E-state index contributed by atoms with van der Waals surface area (Å²) in [5.41, 5.74) is -0.309. The number of aliphatic hydroxyl groups is 1. The maximum atomic E-state index is 11.4. The third-order valence-corrected chi connectivity index (χ3v) is 6.32. The van der Waals surface area contributed by atoms with Gasteiger partial charge in [-0.2, -0.15) is 0 Å². The highest BCUT2D eigenvalue weighted by atomic mass is 17.1. The third kappa shape index (κ3) is 5.90. The molecule has 27 heavy (non-hydrogen) atoms. The van der Waals surface area contributed by atoms with Crippen molar-refractivity contribution in [3.05, 3.63) is 23.8 Å². The molecule has 0 aromatic carbocycles. The van der Waals surface area contributed by atoms with Crippen molar-refractivity contribution in [2.45, 2.75) is 91.0 Å². The lowest BCUT2D eigenvalue weighted by Gasteiger charge is -2.35. The van der Waals surface area contributed by atoms with Gasteiger partial charge in [0.1, 0.15) is 11.7 Å². The number of carbonyl (C=O) groups excluding carboxylic acids is 1. The van der Waals surface area contributed by atoms with Crippen molar-refractivity contribution in [1.82, 2.24) is 0 Å². The molecule has 0 saturated heterocycles. The van der Waals surface area contributed by atoms with E-state index in [1.54, 1.807) is 0 Å². The predicted molar refractivity (Wildman–Crippen MR) is 105 cm³/mol. The first-order valence-electron chi connectivity index (χ1n) is 9.96. The van der Waals surface area contributed by atoms with Gasteiger partial charge < -0.3 is 9.84 Å². The van der Waals surface area contributed by atoms with E-state index in [4.69, 9.17) is 9.99 Å². The minimum Gasteiger partial charge on any atom is -0.458 e. The van der Waals surface area contributed by atoms with E-state index in [1.165, 1.54) is 12.5 Å². The normalized spacial score (nSPS) is 39.4. The summed E-state index contributed by atoms with van der Waals surface area (Å²) in [5, 5.41) is 20.1. The van der Waals surface area contributed by atoms with Crippen molar-refractivity contribution in [1.29, 1.82) is 0 Å². The zero-order valence-corrected chi connectivity index (χ0v) is 17.6. The zero-order chi connectivity index (χ0) is 20.5. The van der Waals surface area contributed by atoms with Crippen LogP contribution in [0.5, 0.6) is 0 Å². The van der Waals surface area contributed by atoms with E-state index in [2.05, 4.69) is 24.8 Å². The first-order chi connectivity index (χ1) is 12.4. The fourth-order valence-electron chi connectivity index (χ4n) is 4.52. The number of rotatable bonds is 5. The molecule has 0 amide bonds. The Bertz CT molecular complexity index is 604. The summed E-state index contributed by atoms with van der Waals surface area (Å²) >= 11 is 0. The average Bonchev–Trinajstić information content (AvgIpc) is 3.33. The van der Waals surface area contributed by atoms with Crippen LogP contribution in [0.3, 0.4) is 0 Å². The van der Waals surface area contributed by atoms with Crippen molar-refractivity contribution >= 4 is 5.97 Å². The molecule has 0 aromatic heterocycles. The highest BCUT2D eigenvalue weighted by Gasteiger charge is 2.57. The number of carbonyl (C=O) groups is 1. The average molecular weight is 381 g/mol. The Morgan fingerprint density at radius 1 is 1.37 bits per heavy atom. The van der Waals surface area contributed by atoms with Crippen LogP contribution in [-0.4, -0.2) is 33.6 Å². The standard InChI is InChI=1S/C22H36O5/c1-15-8-11-21(5,10-7-9-20(3,4)27-25)18-13-19(18)22(6,24)14-17(12-15)26-16(2)23/h7,9,12,17-19,24-25H,8,10-11,13-14H2,1-6H3/b9-7+,15-12-/t17-,18-,19-,21-,22-/m0/s1. The van der Waals surface area contributed by atoms with Gasteiger partial charge in [0.05, 0.1) is 5.60 Å². The van der Waals surface area contributed by atoms with E-state index in [0.717, 1.165) is 25.7 Å². The van der Waals surface area contributed by atoms with E-state index in [-0.39, 0.29) is 23.4 Å². The van der Waals surface area contributed by atoms with Gasteiger partial charge in [-0.1, -0.05) is 24.6 Å². The van der Waals surface area contributed by atoms with Crippen molar-refractivity contribution in [2.24, 2.45) is 17.3 Å². The van der Waals surface area contributed by atoms with Gasteiger partial charge in [-0.3, -0.25) is 10.1 Å². The Hall–Kier alpha value is -1.17. The number of fused-ring (bicyclic) bond motifs is 1. The summed E-state index contributed by atoms with van der Waals surface area (Å²) in [7, 11) is 0. The Morgan fingerprint density at radius 3 is 2.63 bits per heavy atom. The lowest BCUT2D eigenvalue weighted by molar-refractivity contribution is -0.297. The summed E-state index contributed by atoms with van der Waals surface area (Å²) in [6.07, 6.45) is 9.85. The quantitative estimate of drug-likeness (QED) is 0.314. The van der Waals surface area contributed by atoms with Gasteiger partial charge in [0, 0.05) is 13.3 Å². The monoisotopic (exact) mass is 380 g/mol. The molecule has 0 spiro atoms. The number of allylic oxidation sites excluding steroid dienone is 2. The van der Waals surface area contributed by atoms with Gasteiger partial charge in [-0.15, -0.1) is 0 Å². The third-order valence-electron chi connectivity index (χ3n) is 6.32. The van der Waals surface area contributed by atoms with E-state index >= 15 is 0 Å². The number of ether oxygens (including phenoxy) is 1. The highest BCUT2D eigenvalue weighted by Crippen LogP contribution is 2.60. The molecular weight excluding hydrogens is 344 g/mol. The molecule has 2 N–H and O–H groups in total. The molecular formula is C22H36O5. The molecule has 5 atom stereocenters. The maximum Gasteiger partial charge on any atom is 0.303 e. The molecule has 0 aliphatic heterocycles. The van der Waals surface area contributed by atoms with Gasteiger partial charge in [-0.25, -0.2) is 4.89 Å². The van der Waals surface area contributed by atoms with Crippen molar-refractivity contribution in [3.8, 4) is 0 Å². The maximum absolute atomic E-state index is 11.4. The first-order valence-corrected chi connectivity index (χ1v) is 9.96. The van der Waals surface area contributed by atoms with Crippen LogP contribution >= 0.6 is 0 Å². The van der Waals surface area contributed by atoms with Gasteiger partial charge in [0.15, 0.2) is 0 Å². The molecule has 2 aliphatic rings. The highest BCUT2D eigenvalue weighted by molar-refractivity contribution is 5.66. The van der Waals surface area contributed by atoms with Crippen LogP contribution in [0.15, 0.2) is 23.8 Å². The van der Waals surface area contributed by atoms with Gasteiger partial charge >= 0.3 is 5.97 Å². The second-order valence-electron chi connectivity index (χ2n) is 9.63. The van der Waals surface area contributed by atoms with Crippen molar-refractivity contribution < 1.29 is 24.8 Å². The fraction of sp³-hybridized carbons (Fsp3) is 0.773. The summed E-state index contributed by atoms with van der Waals surface area (Å²) < 4.78 is 5.44. The molecule has 0 bridgehead atoms. The van der Waals surface area contributed by atoms with E-state index in [9.17, 15) is 9.90 Å². The smallest absolute Gasteiger partial charge is 0.303 e. The minimum atomic E-state index is -0.864.